The minimum Gasteiger partial charge on any atom is -0.397 e. The first-order chi connectivity index (χ1) is 8.99. The van der Waals surface area contributed by atoms with Crippen LogP contribution in [0.3, 0.4) is 0 Å². The van der Waals surface area contributed by atoms with Gasteiger partial charge in [0.2, 0.25) is 0 Å². The number of nitrogens with two attached hydrogens (primary N) is 1. The molecule has 0 heterocycles. The van der Waals surface area contributed by atoms with Crippen LogP contribution in [0.25, 0.3) is 0 Å². The first-order valence-electron chi connectivity index (χ1n) is 5.29. The number of hydrogen-bond acceptors (Lipinski definition) is 2. The van der Waals surface area contributed by atoms with Gasteiger partial charge in [0.1, 0.15) is 0 Å². The quantitative estimate of drug-likeness (QED) is 0.803. The van der Waals surface area contributed by atoms with Crippen molar-refractivity contribution in [3.8, 4) is 0 Å². The Morgan fingerprint density at radius 3 is 2.21 bits per heavy atom. The molecule has 2 rings (SSSR count). The van der Waals surface area contributed by atoms with Crippen LogP contribution >= 0.6 is 34.8 Å². The molecule has 3 nitrogen and oxygen atoms in total. The molecule has 0 aliphatic carbocycles. The van der Waals surface area contributed by atoms with Crippen LogP contribution in [0.2, 0.25) is 15.1 Å². The summed E-state index contributed by atoms with van der Waals surface area (Å²) >= 11 is 17.7. The smallest absolute Gasteiger partial charge is 0.258 e. The van der Waals surface area contributed by atoms with E-state index in [1.165, 1.54) is 0 Å². The van der Waals surface area contributed by atoms with Gasteiger partial charge in [-0.3, -0.25) is 4.79 Å². The first-order valence-corrected chi connectivity index (χ1v) is 6.43. The van der Waals surface area contributed by atoms with Crippen molar-refractivity contribution in [2.24, 2.45) is 0 Å². The summed E-state index contributed by atoms with van der Waals surface area (Å²) in [5.74, 6) is -0.405. The van der Waals surface area contributed by atoms with E-state index in [2.05, 4.69) is 5.32 Å². The fourth-order valence-electron chi connectivity index (χ4n) is 1.53. The van der Waals surface area contributed by atoms with Crippen molar-refractivity contribution in [3.63, 3.8) is 0 Å². The standard InChI is InChI=1S/C13H9Cl3N2O/c14-8-5-4-7(6-11(8)17)18-13(19)12-9(15)2-1-3-10(12)16/h1-6H,17H2,(H,18,19). The van der Waals surface area contributed by atoms with Crippen molar-refractivity contribution in [2.75, 3.05) is 11.1 Å². The van der Waals surface area contributed by atoms with Gasteiger partial charge >= 0.3 is 0 Å². The number of anilines is 2. The van der Waals surface area contributed by atoms with Crippen molar-refractivity contribution in [2.45, 2.75) is 0 Å². The number of nitrogens with one attached hydrogen (secondary N) is 1. The molecular formula is C13H9Cl3N2O. The second kappa shape index (κ2) is 5.70. The average molecular weight is 316 g/mol. The van der Waals surface area contributed by atoms with E-state index in [0.29, 0.717) is 16.4 Å². The van der Waals surface area contributed by atoms with E-state index in [0.717, 1.165) is 0 Å². The number of amides is 1. The number of rotatable bonds is 2. The van der Waals surface area contributed by atoms with Crippen LogP contribution < -0.4 is 11.1 Å². The normalized spacial score (nSPS) is 10.3. The summed E-state index contributed by atoms with van der Waals surface area (Å²) in [6, 6.07) is 9.66. The van der Waals surface area contributed by atoms with Crippen LogP contribution in [0.15, 0.2) is 36.4 Å². The van der Waals surface area contributed by atoms with Crippen LogP contribution in [0.4, 0.5) is 11.4 Å². The lowest BCUT2D eigenvalue weighted by atomic mass is 10.2. The Labute approximate surface area is 125 Å². The molecule has 0 aliphatic rings. The number of nitrogen functional groups attached to an aromatic ring is 1. The van der Waals surface area contributed by atoms with E-state index >= 15 is 0 Å². The zero-order valence-corrected chi connectivity index (χ0v) is 11.9. The predicted octanol–water partition coefficient (Wildman–Crippen LogP) is 4.48. The maximum absolute atomic E-state index is 12.1. The van der Waals surface area contributed by atoms with Gasteiger partial charge in [-0.05, 0) is 30.3 Å². The molecule has 0 saturated carbocycles. The molecule has 19 heavy (non-hydrogen) atoms. The highest BCUT2D eigenvalue weighted by Crippen LogP contribution is 2.27. The van der Waals surface area contributed by atoms with Gasteiger partial charge in [-0.15, -0.1) is 0 Å². The zero-order valence-electron chi connectivity index (χ0n) is 9.58. The average Bonchev–Trinajstić information content (AvgIpc) is 2.33. The molecular weight excluding hydrogens is 307 g/mol. The van der Waals surface area contributed by atoms with Gasteiger partial charge in [0, 0.05) is 5.69 Å². The van der Waals surface area contributed by atoms with Gasteiger partial charge in [-0.1, -0.05) is 40.9 Å². The molecule has 0 aliphatic heterocycles. The third-order valence-corrected chi connectivity index (χ3v) is 3.42. The van der Waals surface area contributed by atoms with E-state index in [1.807, 2.05) is 0 Å². The summed E-state index contributed by atoms with van der Waals surface area (Å²) < 4.78 is 0. The third kappa shape index (κ3) is 3.13. The first kappa shape index (κ1) is 14.0. The molecule has 0 fully saturated rings. The van der Waals surface area contributed by atoms with Crippen molar-refractivity contribution >= 4 is 52.1 Å². The SMILES string of the molecule is Nc1cc(NC(=O)c2c(Cl)cccc2Cl)ccc1Cl. The van der Waals surface area contributed by atoms with Crippen LogP contribution in [-0.2, 0) is 0 Å². The monoisotopic (exact) mass is 314 g/mol. The predicted molar refractivity (Wildman–Crippen MR) is 80.3 cm³/mol. The number of carbonyl (C=O) groups is 1. The highest BCUT2D eigenvalue weighted by atomic mass is 35.5. The fraction of sp³-hybridized carbons (Fsp3) is 0. The molecule has 2 aromatic rings. The number of hydrogen-bond donors (Lipinski definition) is 2. The van der Waals surface area contributed by atoms with Crippen molar-refractivity contribution in [3.05, 3.63) is 57.0 Å². The van der Waals surface area contributed by atoms with Gasteiger partial charge in [-0.2, -0.15) is 0 Å². The molecule has 3 N–H and O–H groups in total. The minimum absolute atomic E-state index is 0.222. The molecule has 0 spiro atoms. The minimum atomic E-state index is -0.405. The van der Waals surface area contributed by atoms with E-state index in [9.17, 15) is 4.79 Å². The van der Waals surface area contributed by atoms with E-state index in [4.69, 9.17) is 40.5 Å². The number of benzene rings is 2. The molecule has 98 valence electrons. The fourth-order valence-corrected chi connectivity index (χ4v) is 2.22. The molecule has 0 atom stereocenters. The van der Waals surface area contributed by atoms with Gasteiger partial charge < -0.3 is 11.1 Å². The summed E-state index contributed by atoms with van der Waals surface area (Å²) in [5, 5.41) is 3.65. The van der Waals surface area contributed by atoms with E-state index in [1.54, 1.807) is 36.4 Å². The lowest BCUT2D eigenvalue weighted by Gasteiger charge is -2.09. The summed E-state index contributed by atoms with van der Waals surface area (Å²) in [4.78, 5) is 12.1. The summed E-state index contributed by atoms with van der Waals surface area (Å²) in [7, 11) is 0. The lowest BCUT2D eigenvalue weighted by molar-refractivity contribution is 0.102. The van der Waals surface area contributed by atoms with Gasteiger partial charge in [0.05, 0.1) is 26.3 Å². The molecule has 1 amide bonds. The van der Waals surface area contributed by atoms with Crippen LogP contribution in [0.5, 0.6) is 0 Å². The van der Waals surface area contributed by atoms with Crippen molar-refractivity contribution in [1.82, 2.24) is 0 Å². The lowest BCUT2D eigenvalue weighted by Crippen LogP contribution is -2.13. The van der Waals surface area contributed by atoms with Gasteiger partial charge in [0.15, 0.2) is 0 Å². The Morgan fingerprint density at radius 1 is 1.00 bits per heavy atom. The second-order valence-electron chi connectivity index (χ2n) is 3.79. The van der Waals surface area contributed by atoms with Crippen LogP contribution in [0.1, 0.15) is 10.4 Å². The molecule has 0 saturated heterocycles. The maximum atomic E-state index is 12.1. The third-order valence-electron chi connectivity index (χ3n) is 2.44. The van der Waals surface area contributed by atoms with Crippen LogP contribution in [0, 0.1) is 0 Å². The van der Waals surface area contributed by atoms with E-state index < -0.39 is 5.91 Å². The Hall–Kier alpha value is -1.42. The largest absolute Gasteiger partial charge is 0.397 e. The second-order valence-corrected chi connectivity index (χ2v) is 5.01. The van der Waals surface area contributed by atoms with Gasteiger partial charge in [-0.25, -0.2) is 0 Å². The van der Waals surface area contributed by atoms with Gasteiger partial charge in [0.25, 0.3) is 5.91 Å². The maximum Gasteiger partial charge on any atom is 0.258 e. The zero-order chi connectivity index (χ0) is 14.0. The highest BCUT2D eigenvalue weighted by Gasteiger charge is 2.14. The summed E-state index contributed by atoms with van der Waals surface area (Å²) in [5.41, 5.74) is 6.78. The summed E-state index contributed by atoms with van der Waals surface area (Å²) in [6.07, 6.45) is 0. The molecule has 0 unspecified atom stereocenters. The van der Waals surface area contributed by atoms with Crippen LogP contribution in [-0.4, -0.2) is 5.91 Å². The number of carbonyl (C=O) groups excluding carboxylic acids is 1. The highest BCUT2D eigenvalue weighted by molar-refractivity contribution is 6.40. The molecule has 2 aromatic carbocycles. The molecule has 6 heteroatoms. The molecule has 0 bridgehead atoms. The molecule has 0 radical (unpaired) electrons. The Bertz CT molecular complexity index is 624. The Morgan fingerprint density at radius 2 is 1.63 bits per heavy atom. The van der Waals surface area contributed by atoms with Crippen molar-refractivity contribution < 1.29 is 4.79 Å². The number of halogens is 3. The Balaban J connectivity index is 2.28. The topological polar surface area (TPSA) is 55.1 Å². The van der Waals surface area contributed by atoms with Crippen molar-refractivity contribution in [1.29, 1.82) is 0 Å². The Kier molecular flexibility index (Phi) is 4.20. The molecule has 0 aromatic heterocycles. The summed E-state index contributed by atoms with van der Waals surface area (Å²) in [6.45, 7) is 0. The van der Waals surface area contributed by atoms with E-state index in [-0.39, 0.29) is 15.6 Å².